The summed E-state index contributed by atoms with van der Waals surface area (Å²) in [7, 11) is 0. The van der Waals surface area contributed by atoms with Crippen molar-refractivity contribution in [3.05, 3.63) is 0 Å². The average Bonchev–Trinajstić information content (AvgIpc) is 1.88. The highest BCUT2D eigenvalue weighted by molar-refractivity contribution is 6.19. The molecule has 0 spiro atoms. The Morgan fingerprint density at radius 2 is 2.50 bits per heavy atom. The zero-order valence-electron chi connectivity index (χ0n) is 5.96. The minimum absolute atomic E-state index is 0.183. The van der Waals surface area contributed by atoms with E-state index in [0.29, 0.717) is 13.2 Å². The molecule has 4 heteroatoms. The summed E-state index contributed by atoms with van der Waals surface area (Å²) in [6.07, 6.45) is 0.183. The summed E-state index contributed by atoms with van der Waals surface area (Å²) >= 11 is 5.45. The van der Waals surface area contributed by atoms with Crippen LogP contribution in [0, 0.1) is 0 Å². The zero-order valence-corrected chi connectivity index (χ0v) is 6.71. The number of halogens is 1. The van der Waals surface area contributed by atoms with Gasteiger partial charge < -0.3 is 9.84 Å². The normalized spacial score (nSPS) is 32.1. The molecule has 1 aliphatic heterocycles. The van der Waals surface area contributed by atoms with Crippen molar-refractivity contribution in [1.82, 2.24) is 4.90 Å². The van der Waals surface area contributed by atoms with E-state index in [0.717, 1.165) is 6.54 Å². The van der Waals surface area contributed by atoms with Crippen LogP contribution < -0.4 is 0 Å². The van der Waals surface area contributed by atoms with Crippen LogP contribution >= 0.6 is 11.6 Å². The number of ether oxygens (including phenoxy) is 1. The van der Waals surface area contributed by atoms with Gasteiger partial charge in [-0.05, 0) is 6.92 Å². The maximum absolute atomic E-state index is 8.93. The maximum Gasteiger partial charge on any atom is 0.185 e. The first-order valence-electron chi connectivity index (χ1n) is 3.38. The molecule has 1 fully saturated rings. The van der Waals surface area contributed by atoms with Gasteiger partial charge in [-0.15, -0.1) is 0 Å². The van der Waals surface area contributed by atoms with Crippen LogP contribution in [0.1, 0.15) is 6.92 Å². The fourth-order valence-electron chi connectivity index (χ4n) is 1.04. The van der Waals surface area contributed by atoms with E-state index >= 15 is 0 Å². The third kappa shape index (κ3) is 2.09. The van der Waals surface area contributed by atoms with Gasteiger partial charge in [0.1, 0.15) is 0 Å². The van der Waals surface area contributed by atoms with Crippen molar-refractivity contribution < 1.29 is 9.84 Å². The second-order valence-electron chi connectivity index (χ2n) is 2.49. The number of aliphatic hydroxyl groups excluding tert-OH is 1. The Balaban J connectivity index is 2.32. The molecule has 60 valence electrons. The van der Waals surface area contributed by atoms with Crippen LogP contribution in [0.15, 0.2) is 0 Å². The average molecular weight is 166 g/mol. The van der Waals surface area contributed by atoms with Gasteiger partial charge in [-0.3, -0.25) is 4.90 Å². The molecule has 1 unspecified atom stereocenters. The smallest absolute Gasteiger partial charge is 0.185 e. The Morgan fingerprint density at radius 1 is 1.80 bits per heavy atom. The molecule has 0 bridgehead atoms. The Morgan fingerprint density at radius 3 is 2.90 bits per heavy atom. The fourth-order valence-corrected chi connectivity index (χ4v) is 1.22. The fraction of sp³-hybridized carbons (Fsp3) is 1.00. The quantitative estimate of drug-likeness (QED) is 0.446. The Kier molecular flexibility index (Phi) is 2.92. The van der Waals surface area contributed by atoms with Crippen molar-refractivity contribution in [2.24, 2.45) is 0 Å². The summed E-state index contributed by atoms with van der Waals surface area (Å²) < 4.78 is 5.25. The van der Waals surface area contributed by atoms with Crippen molar-refractivity contribution in [2.45, 2.75) is 18.7 Å². The molecular weight excluding hydrogens is 154 g/mol. The van der Waals surface area contributed by atoms with Gasteiger partial charge in [0.15, 0.2) is 5.69 Å². The number of morpholine rings is 1. The van der Waals surface area contributed by atoms with E-state index in [1.807, 2.05) is 6.92 Å². The third-order valence-electron chi connectivity index (χ3n) is 1.57. The number of nitrogens with zero attached hydrogens (tertiary/aromatic N) is 1. The van der Waals surface area contributed by atoms with Gasteiger partial charge >= 0.3 is 0 Å². The summed E-state index contributed by atoms with van der Waals surface area (Å²) in [5.74, 6) is 0. The van der Waals surface area contributed by atoms with E-state index < -0.39 is 5.69 Å². The lowest BCUT2D eigenvalue weighted by atomic mass is 10.3. The van der Waals surface area contributed by atoms with Gasteiger partial charge in [-0.2, -0.15) is 0 Å². The van der Waals surface area contributed by atoms with Gasteiger partial charge in [-0.1, -0.05) is 11.6 Å². The molecule has 1 rings (SSSR count). The van der Waals surface area contributed by atoms with E-state index in [-0.39, 0.29) is 6.10 Å². The molecular formula is C6H12ClNO2. The standard InChI is InChI=1S/C6H12ClNO2/c1-5-4-8(6(7)9)2-3-10-5/h5-6,9H,2-4H2,1H3/t5-,6?/m0/s1. The monoisotopic (exact) mass is 165 g/mol. The molecule has 0 aromatic heterocycles. The van der Waals surface area contributed by atoms with Gasteiger partial charge in [0.05, 0.1) is 12.7 Å². The second kappa shape index (κ2) is 3.53. The highest BCUT2D eigenvalue weighted by atomic mass is 35.5. The van der Waals surface area contributed by atoms with Crippen LogP contribution in [-0.4, -0.2) is 41.5 Å². The predicted octanol–water partition coefficient (Wildman–Crippen LogP) is 0.222. The Labute approximate surface area is 65.5 Å². The second-order valence-corrected chi connectivity index (χ2v) is 2.88. The summed E-state index contributed by atoms with van der Waals surface area (Å²) in [4.78, 5) is 1.77. The first-order chi connectivity index (χ1) is 4.70. The van der Waals surface area contributed by atoms with E-state index in [1.54, 1.807) is 4.90 Å². The number of alkyl halides is 1. The van der Waals surface area contributed by atoms with Crippen molar-refractivity contribution in [2.75, 3.05) is 19.7 Å². The third-order valence-corrected chi connectivity index (χ3v) is 1.85. The SMILES string of the molecule is C[C@H]1CN(C(O)Cl)CCO1. The van der Waals surface area contributed by atoms with E-state index in [9.17, 15) is 0 Å². The Hall–Kier alpha value is 0.170. The van der Waals surface area contributed by atoms with E-state index in [2.05, 4.69) is 0 Å². The molecule has 3 nitrogen and oxygen atoms in total. The van der Waals surface area contributed by atoms with Gasteiger partial charge in [0.25, 0.3) is 0 Å². The predicted molar refractivity (Wildman–Crippen MR) is 38.8 cm³/mol. The number of hydrogen-bond donors (Lipinski definition) is 1. The largest absolute Gasteiger partial charge is 0.376 e. The molecule has 0 aromatic rings. The number of hydrogen-bond acceptors (Lipinski definition) is 3. The summed E-state index contributed by atoms with van der Waals surface area (Å²) in [6, 6.07) is 0. The number of aliphatic hydroxyl groups is 1. The highest BCUT2D eigenvalue weighted by Gasteiger charge is 2.20. The van der Waals surface area contributed by atoms with Crippen molar-refractivity contribution in [1.29, 1.82) is 0 Å². The lowest BCUT2D eigenvalue weighted by Crippen LogP contribution is -2.44. The molecule has 0 aromatic carbocycles. The molecule has 0 aliphatic carbocycles. The van der Waals surface area contributed by atoms with Crippen molar-refractivity contribution in [3.63, 3.8) is 0 Å². The highest BCUT2D eigenvalue weighted by Crippen LogP contribution is 2.08. The van der Waals surface area contributed by atoms with E-state index in [1.165, 1.54) is 0 Å². The van der Waals surface area contributed by atoms with Crippen molar-refractivity contribution in [3.8, 4) is 0 Å². The Bertz CT molecular complexity index is 110. The molecule has 1 heterocycles. The van der Waals surface area contributed by atoms with Gasteiger partial charge in [0, 0.05) is 13.1 Å². The molecule has 0 saturated carbocycles. The summed E-state index contributed by atoms with van der Waals surface area (Å²) in [6.45, 7) is 4.05. The zero-order chi connectivity index (χ0) is 7.56. The molecule has 1 aliphatic rings. The van der Waals surface area contributed by atoms with Gasteiger partial charge in [0.2, 0.25) is 0 Å². The molecule has 1 N–H and O–H groups in total. The van der Waals surface area contributed by atoms with Crippen LogP contribution in [0.5, 0.6) is 0 Å². The topological polar surface area (TPSA) is 32.7 Å². The summed E-state index contributed by atoms with van der Waals surface area (Å²) in [5, 5.41) is 8.93. The molecule has 10 heavy (non-hydrogen) atoms. The van der Waals surface area contributed by atoms with Crippen LogP contribution in [0.2, 0.25) is 0 Å². The lowest BCUT2D eigenvalue weighted by Gasteiger charge is -2.31. The van der Waals surface area contributed by atoms with Crippen molar-refractivity contribution >= 4 is 11.6 Å². The molecule has 0 radical (unpaired) electrons. The van der Waals surface area contributed by atoms with Crippen LogP contribution in [0.3, 0.4) is 0 Å². The lowest BCUT2D eigenvalue weighted by molar-refractivity contribution is -0.0596. The van der Waals surface area contributed by atoms with Crippen LogP contribution in [0.25, 0.3) is 0 Å². The van der Waals surface area contributed by atoms with E-state index in [4.69, 9.17) is 21.4 Å². The summed E-state index contributed by atoms with van der Waals surface area (Å²) in [5.41, 5.74) is -0.855. The van der Waals surface area contributed by atoms with Crippen LogP contribution in [-0.2, 0) is 4.74 Å². The van der Waals surface area contributed by atoms with Crippen LogP contribution in [0.4, 0.5) is 0 Å². The minimum atomic E-state index is -0.855. The molecule has 2 atom stereocenters. The first-order valence-corrected chi connectivity index (χ1v) is 3.81. The van der Waals surface area contributed by atoms with Gasteiger partial charge in [-0.25, -0.2) is 0 Å². The molecule has 0 amide bonds. The maximum atomic E-state index is 8.93. The minimum Gasteiger partial charge on any atom is -0.376 e. The number of rotatable bonds is 1. The molecule has 1 saturated heterocycles. The first kappa shape index (κ1) is 8.27.